The molecule has 1 aliphatic carbocycles. The van der Waals surface area contributed by atoms with Crippen LogP contribution in [0.3, 0.4) is 0 Å². The highest BCUT2D eigenvalue weighted by molar-refractivity contribution is 6.07. The lowest BCUT2D eigenvalue weighted by Gasteiger charge is -2.22. The summed E-state index contributed by atoms with van der Waals surface area (Å²) >= 11 is 0. The van der Waals surface area contributed by atoms with Gasteiger partial charge in [0.15, 0.2) is 5.82 Å². The molecule has 0 saturated heterocycles. The van der Waals surface area contributed by atoms with Crippen LogP contribution in [0.5, 0.6) is 0 Å². The fourth-order valence-electron chi connectivity index (χ4n) is 6.70. The molecule has 0 N–H and O–H groups in total. The van der Waals surface area contributed by atoms with Gasteiger partial charge in [0.25, 0.3) is 0 Å². The van der Waals surface area contributed by atoms with Gasteiger partial charge >= 0.3 is 0 Å². The average Bonchev–Trinajstić information content (AvgIpc) is 3.31. The Hall–Kier alpha value is -5.41. The smallest absolute Gasteiger partial charge is 0.160 e. The highest BCUT2D eigenvalue weighted by atomic mass is 14.9. The predicted octanol–water partition coefficient (Wildman–Crippen LogP) is 10.00. The summed E-state index contributed by atoms with van der Waals surface area (Å²) in [6, 6.07) is 45.1. The molecule has 0 spiro atoms. The van der Waals surface area contributed by atoms with Gasteiger partial charge in [-0.3, -0.25) is 4.98 Å². The standard InChI is InChI=1S/C40H29N3/c1-40(2)34-19-9-8-17-33(34)38-32(18-10-20-35(38)40)30-21-22-31(29-16-7-6-15-28(29)30)37-24-36(27-14-11-23-41-25-27)42-39(43-37)26-12-4-3-5-13-26/h3-25H,1-2H3. The van der Waals surface area contributed by atoms with Crippen molar-refractivity contribution in [3.05, 3.63) is 151 Å². The highest BCUT2D eigenvalue weighted by Gasteiger charge is 2.36. The van der Waals surface area contributed by atoms with E-state index in [1.165, 1.54) is 38.8 Å². The topological polar surface area (TPSA) is 38.7 Å². The van der Waals surface area contributed by atoms with Crippen LogP contribution in [0.1, 0.15) is 25.0 Å². The molecule has 3 nitrogen and oxygen atoms in total. The summed E-state index contributed by atoms with van der Waals surface area (Å²) in [7, 11) is 0. The largest absolute Gasteiger partial charge is 0.264 e. The minimum Gasteiger partial charge on any atom is -0.264 e. The first-order chi connectivity index (χ1) is 21.1. The molecule has 0 bridgehead atoms. The van der Waals surface area contributed by atoms with Crippen molar-refractivity contribution >= 4 is 10.8 Å². The third-order valence-corrected chi connectivity index (χ3v) is 8.81. The molecule has 0 fully saturated rings. The Morgan fingerprint density at radius 3 is 1.95 bits per heavy atom. The Morgan fingerprint density at radius 2 is 1.14 bits per heavy atom. The van der Waals surface area contributed by atoms with Crippen molar-refractivity contribution in [2.45, 2.75) is 19.3 Å². The summed E-state index contributed by atoms with van der Waals surface area (Å²) in [6.07, 6.45) is 3.65. The molecule has 0 aliphatic heterocycles. The fraction of sp³-hybridized carbons (Fsp3) is 0.0750. The third-order valence-electron chi connectivity index (χ3n) is 8.81. The molecule has 0 radical (unpaired) electrons. The van der Waals surface area contributed by atoms with Crippen LogP contribution in [0.4, 0.5) is 0 Å². The zero-order valence-corrected chi connectivity index (χ0v) is 24.1. The molecular weight excluding hydrogens is 522 g/mol. The second-order valence-electron chi connectivity index (χ2n) is 11.7. The van der Waals surface area contributed by atoms with E-state index in [1.807, 2.05) is 36.5 Å². The van der Waals surface area contributed by atoms with E-state index >= 15 is 0 Å². The Bertz CT molecular complexity index is 2090. The minimum atomic E-state index is -0.0465. The highest BCUT2D eigenvalue weighted by Crippen LogP contribution is 2.52. The molecule has 43 heavy (non-hydrogen) atoms. The maximum absolute atomic E-state index is 5.13. The number of benzene rings is 5. The lowest BCUT2D eigenvalue weighted by molar-refractivity contribution is 0.660. The predicted molar refractivity (Wildman–Crippen MR) is 177 cm³/mol. The van der Waals surface area contributed by atoms with Crippen LogP contribution in [0.25, 0.3) is 66.9 Å². The summed E-state index contributed by atoms with van der Waals surface area (Å²) in [6.45, 7) is 4.67. The van der Waals surface area contributed by atoms with Gasteiger partial charge in [0.2, 0.25) is 0 Å². The molecule has 3 heteroatoms. The lowest BCUT2D eigenvalue weighted by atomic mass is 9.81. The van der Waals surface area contributed by atoms with Gasteiger partial charge in [0, 0.05) is 34.5 Å². The molecule has 1 aliphatic rings. The number of aromatic nitrogens is 3. The van der Waals surface area contributed by atoms with Crippen LogP contribution in [0, 0.1) is 0 Å². The molecule has 5 aromatic carbocycles. The maximum Gasteiger partial charge on any atom is 0.160 e. The van der Waals surface area contributed by atoms with Crippen LogP contribution < -0.4 is 0 Å². The first-order valence-electron chi connectivity index (χ1n) is 14.7. The van der Waals surface area contributed by atoms with E-state index in [9.17, 15) is 0 Å². The summed E-state index contributed by atoms with van der Waals surface area (Å²) in [5.41, 5.74) is 12.7. The van der Waals surface area contributed by atoms with Gasteiger partial charge in [-0.25, -0.2) is 9.97 Å². The number of nitrogens with zero attached hydrogens (tertiary/aromatic N) is 3. The van der Waals surface area contributed by atoms with Crippen molar-refractivity contribution in [1.29, 1.82) is 0 Å². The number of hydrogen-bond acceptors (Lipinski definition) is 3. The van der Waals surface area contributed by atoms with Crippen LogP contribution in [-0.2, 0) is 5.41 Å². The zero-order valence-electron chi connectivity index (χ0n) is 24.1. The van der Waals surface area contributed by atoms with Crippen LogP contribution >= 0.6 is 0 Å². The van der Waals surface area contributed by atoms with Crippen LogP contribution in [0.15, 0.2) is 140 Å². The molecule has 0 atom stereocenters. The van der Waals surface area contributed by atoms with Crippen LogP contribution in [-0.4, -0.2) is 15.0 Å². The van der Waals surface area contributed by atoms with Gasteiger partial charge in [-0.2, -0.15) is 0 Å². The summed E-state index contributed by atoms with van der Waals surface area (Å²) in [5, 5.41) is 2.37. The van der Waals surface area contributed by atoms with Crippen molar-refractivity contribution in [3.63, 3.8) is 0 Å². The molecule has 204 valence electrons. The summed E-state index contributed by atoms with van der Waals surface area (Å²) < 4.78 is 0. The van der Waals surface area contributed by atoms with Crippen molar-refractivity contribution in [3.8, 4) is 56.2 Å². The van der Waals surface area contributed by atoms with Crippen molar-refractivity contribution in [2.24, 2.45) is 0 Å². The van der Waals surface area contributed by atoms with Gasteiger partial charge in [0.1, 0.15) is 0 Å². The minimum absolute atomic E-state index is 0.0465. The Labute approximate surface area is 251 Å². The van der Waals surface area contributed by atoms with E-state index in [-0.39, 0.29) is 5.41 Å². The molecule has 2 aromatic heterocycles. The Balaban J connectivity index is 1.36. The van der Waals surface area contributed by atoms with Crippen molar-refractivity contribution < 1.29 is 0 Å². The Kier molecular flexibility index (Phi) is 5.80. The van der Waals surface area contributed by atoms with Crippen molar-refractivity contribution in [2.75, 3.05) is 0 Å². The van der Waals surface area contributed by atoms with Crippen molar-refractivity contribution in [1.82, 2.24) is 15.0 Å². The monoisotopic (exact) mass is 551 g/mol. The number of fused-ring (bicyclic) bond motifs is 4. The summed E-state index contributed by atoms with van der Waals surface area (Å²) in [4.78, 5) is 14.5. The summed E-state index contributed by atoms with van der Waals surface area (Å²) in [5.74, 6) is 0.699. The number of pyridine rings is 1. The van der Waals surface area contributed by atoms with E-state index in [0.29, 0.717) is 5.82 Å². The average molecular weight is 552 g/mol. The van der Waals surface area contributed by atoms with Gasteiger partial charge < -0.3 is 0 Å². The molecule has 0 unspecified atom stereocenters. The quantitative estimate of drug-likeness (QED) is 0.218. The third kappa shape index (κ3) is 4.08. The molecule has 2 heterocycles. The second kappa shape index (κ2) is 9.85. The van der Waals surface area contributed by atoms with E-state index in [4.69, 9.17) is 9.97 Å². The number of rotatable bonds is 4. The van der Waals surface area contributed by atoms with Gasteiger partial charge in [-0.1, -0.05) is 123 Å². The van der Waals surface area contributed by atoms with Crippen LogP contribution in [0.2, 0.25) is 0 Å². The van der Waals surface area contributed by atoms with Gasteiger partial charge in [0.05, 0.1) is 11.4 Å². The molecule has 7 aromatic rings. The molecular formula is C40H29N3. The maximum atomic E-state index is 5.13. The van der Waals surface area contributed by atoms with E-state index in [2.05, 4.69) is 116 Å². The normalized spacial score (nSPS) is 13.1. The SMILES string of the molecule is CC1(C)c2ccccc2-c2c(-c3ccc(-c4cc(-c5cccnc5)nc(-c5ccccc5)n4)c4ccccc34)cccc21. The molecule has 0 saturated carbocycles. The Morgan fingerprint density at radius 1 is 0.488 bits per heavy atom. The fourth-order valence-corrected chi connectivity index (χ4v) is 6.70. The number of hydrogen-bond donors (Lipinski definition) is 0. The lowest BCUT2D eigenvalue weighted by Crippen LogP contribution is -2.14. The first-order valence-corrected chi connectivity index (χ1v) is 14.7. The van der Waals surface area contributed by atoms with Gasteiger partial charge in [-0.05, 0) is 62.4 Å². The molecule has 8 rings (SSSR count). The van der Waals surface area contributed by atoms with E-state index < -0.39 is 0 Å². The first kappa shape index (κ1) is 25.3. The second-order valence-corrected chi connectivity index (χ2v) is 11.7. The zero-order chi connectivity index (χ0) is 29.0. The van der Waals surface area contributed by atoms with E-state index in [0.717, 1.165) is 33.5 Å². The van der Waals surface area contributed by atoms with E-state index in [1.54, 1.807) is 6.20 Å². The molecule has 0 amide bonds. The van der Waals surface area contributed by atoms with Gasteiger partial charge in [-0.15, -0.1) is 0 Å².